The molecular formula is C16H23N. The van der Waals surface area contributed by atoms with Gasteiger partial charge in [-0.25, -0.2) is 0 Å². The molecule has 1 heteroatoms. The van der Waals surface area contributed by atoms with E-state index in [2.05, 4.69) is 56.4 Å². The molecule has 1 N–H and O–H groups in total. The van der Waals surface area contributed by atoms with E-state index in [1.807, 2.05) is 0 Å². The van der Waals surface area contributed by atoms with Crippen molar-refractivity contribution < 1.29 is 0 Å². The first-order chi connectivity index (χ1) is 8.06. The van der Waals surface area contributed by atoms with E-state index in [-0.39, 0.29) is 0 Å². The molecule has 2 aliphatic rings. The Morgan fingerprint density at radius 1 is 1.12 bits per heavy atom. The Morgan fingerprint density at radius 3 is 2.53 bits per heavy atom. The highest BCUT2D eigenvalue weighted by Crippen LogP contribution is 2.70. The molecule has 1 aromatic rings. The summed E-state index contributed by atoms with van der Waals surface area (Å²) in [6, 6.07) is 10.7. The fourth-order valence-corrected chi connectivity index (χ4v) is 4.16. The second-order valence-electron chi connectivity index (χ2n) is 6.62. The molecule has 1 aromatic carbocycles. The van der Waals surface area contributed by atoms with Gasteiger partial charge in [-0.3, -0.25) is 0 Å². The maximum Gasteiger partial charge on any atom is 0.0464 e. The number of rotatable bonds is 2. The predicted molar refractivity (Wildman–Crippen MR) is 73.1 cm³/mol. The largest absolute Gasteiger partial charge is 0.379 e. The van der Waals surface area contributed by atoms with Gasteiger partial charge in [-0.2, -0.15) is 0 Å². The number of anilines is 1. The molecule has 0 aromatic heterocycles. The van der Waals surface area contributed by atoms with Gasteiger partial charge in [0, 0.05) is 11.2 Å². The summed E-state index contributed by atoms with van der Waals surface area (Å²) in [6.07, 6.45) is 4.14. The fraction of sp³-hybridized carbons (Fsp3) is 0.625. The van der Waals surface area contributed by atoms with E-state index in [9.17, 15) is 0 Å². The number of hydrogen-bond donors (Lipinski definition) is 1. The average Bonchev–Trinajstić information content (AvgIpc) is 2.75. The zero-order chi connectivity index (χ0) is 12.1. The quantitative estimate of drug-likeness (QED) is 0.796. The van der Waals surface area contributed by atoms with Crippen LogP contribution in [0.25, 0.3) is 0 Å². The van der Waals surface area contributed by atoms with Crippen LogP contribution in [0, 0.1) is 17.3 Å². The van der Waals surface area contributed by atoms with Crippen LogP contribution in [-0.4, -0.2) is 5.54 Å². The standard InChI is InChI=1S/C16H23N/c1-12-9-10-14-15(2,3)16(14,11-12)17-13-7-5-4-6-8-13/h4-8,12,14,17H,9-11H2,1-3H3. The highest BCUT2D eigenvalue weighted by Gasteiger charge is 2.71. The molecule has 0 bridgehead atoms. The van der Waals surface area contributed by atoms with E-state index >= 15 is 0 Å². The highest BCUT2D eigenvalue weighted by atomic mass is 15.1. The maximum absolute atomic E-state index is 3.85. The van der Waals surface area contributed by atoms with Crippen molar-refractivity contribution in [3.05, 3.63) is 30.3 Å². The number of benzene rings is 1. The lowest BCUT2D eigenvalue weighted by Gasteiger charge is -2.30. The fourth-order valence-electron chi connectivity index (χ4n) is 4.16. The highest BCUT2D eigenvalue weighted by molar-refractivity contribution is 5.50. The molecule has 0 saturated heterocycles. The van der Waals surface area contributed by atoms with Crippen molar-refractivity contribution in [2.45, 2.75) is 45.6 Å². The van der Waals surface area contributed by atoms with Gasteiger partial charge in [0.05, 0.1) is 0 Å². The summed E-state index contributed by atoms with van der Waals surface area (Å²) in [4.78, 5) is 0. The van der Waals surface area contributed by atoms with Crippen LogP contribution in [0.2, 0.25) is 0 Å². The Balaban J connectivity index is 1.86. The molecule has 92 valence electrons. The average molecular weight is 229 g/mol. The third kappa shape index (κ3) is 1.51. The van der Waals surface area contributed by atoms with E-state index in [1.165, 1.54) is 24.9 Å². The van der Waals surface area contributed by atoms with E-state index in [0.717, 1.165) is 11.8 Å². The van der Waals surface area contributed by atoms with Crippen LogP contribution in [0.1, 0.15) is 40.0 Å². The molecule has 2 aliphatic carbocycles. The summed E-state index contributed by atoms with van der Waals surface area (Å²) in [5.41, 5.74) is 2.12. The lowest BCUT2D eigenvalue weighted by Crippen LogP contribution is -2.32. The molecule has 0 spiro atoms. The number of fused-ring (bicyclic) bond motifs is 1. The number of nitrogens with one attached hydrogen (secondary N) is 1. The summed E-state index contributed by atoms with van der Waals surface area (Å²) in [5, 5.41) is 3.85. The molecule has 0 aliphatic heterocycles. The van der Waals surface area contributed by atoms with E-state index < -0.39 is 0 Å². The van der Waals surface area contributed by atoms with Crippen molar-refractivity contribution in [2.24, 2.45) is 17.3 Å². The molecule has 1 nitrogen and oxygen atoms in total. The molecule has 17 heavy (non-hydrogen) atoms. The first kappa shape index (κ1) is 11.1. The Labute approximate surface area is 105 Å². The Morgan fingerprint density at radius 2 is 1.82 bits per heavy atom. The van der Waals surface area contributed by atoms with Crippen LogP contribution in [0.5, 0.6) is 0 Å². The molecular weight excluding hydrogens is 206 g/mol. The van der Waals surface area contributed by atoms with Crippen LogP contribution < -0.4 is 5.32 Å². The van der Waals surface area contributed by atoms with Gasteiger partial charge in [-0.1, -0.05) is 45.4 Å². The van der Waals surface area contributed by atoms with Gasteiger partial charge in [0.2, 0.25) is 0 Å². The van der Waals surface area contributed by atoms with Crippen molar-refractivity contribution in [1.29, 1.82) is 0 Å². The summed E-state index contributed by atoms with van der Waals surface area (Å²) in [7, 11) is 0. The summed E-state index contributed by atoms with van der Waals surface area (Å²) < 4.78 is 0. The van der Waals surface area contributed by atoms with E-state index in [1.54, 1.807) is 0 Å². The smallest absolute Gasteiger partial charge is 0.0464 e. The molecule has 3 rings (SSSR count). The van der Waals surface area contributed by atoms with Crippen molar-refractivity contribution in [2.75, 3.05) is 5.32 Å². The summed E-state index contributed by atoms with van der Waals surface area (Å²) >= 11 is 0. The van der Waals surface area contributed by atoms with E-state index in [4.69, 9.17) is 0 Å². The lowest BCUT2D eigenvalue weighted by atomic mass is 9.86. The molecule has 3 atom stereocenters. The van der Waals surface area contributed by atoms with Gasteiger partial charge >= 0.3 is 0 Å². The van der Waals surface area contributed by atoms with Gasteiger partial charge < -0.3 is 5.32 Å². The van der Waals surface area contributed by atoms with E-state index in [0.29, 0.717) is 11.0 Å². The molecule has 0 amide bonds. The van der Waals surface area contributed by atoms with Crippen molar-refractivity contribution in [3.8, 4) is 0 Å². The third-order valence-electron chi connectivity index (χ3n) is 5.29. The second-order valence-corrected chi connectivity index (χ2v) is 6.62. The van der Waals surface area contributed by atoms with Crippen LogP contribution in [0.15, 0.2) is 30.3 Å². The molecule has 3 unspecified atom stereocenters. The summed E-state index contributed by atoms with van der Waals surface area (Å²) in [6.45, 7) is 7.27. The Hall–Kier alpha value is -0.980. The van der Waals surface area contributed by atoms with Gasteiger partial charge in [0.25, 0.3) is 0 Å². The zero-order valence-corrected chi connectivity index (χ0v) is 11.2. The normalized spacial score (nSPS) is 38.3. The zero-order valence-electron chi connectivity index (χ0n) is 11.2. The van der Waals surface area contributed by atoms with Crippen LogP contribution in [0.3, 0.4) is 0 Å². The van der Waals surface area contributed by atoms with Gasteiger partial charge in [0.1, 0.15) is 0 Å². The molecule has 2 saturated carbocycles. The minimum Gasteiger partial charge on any atom is -0.379 e. The maximum atomic E-state index is 3.85. The predicted octanol–water partition coefficient (Wildman–Crippen LogP) is 4.31. The summed E-state index contributed by atoms with van der Waals surface area (Å²) in [5.74, 6) is 1.73. The molecule has 0 radical (unpaired) electrons. The minimum atomic E-state index is 0.367. The first-order valence-corrected chi connectivity index (χ1v) is 6.89. The Kier molecular flexibility index (Phi) is 2.30. The molecule has 0 heterocycles. The van der Waals surface area contributed by atoms with Crippen molar-refractivity contribution in [1.82, 2.24) is 0 Å². The lowest BCUT2D eigenvalue weighted by molar-refractivity contribution is 0.347. The third-order valence-corrected chi connectivity index (χ3v) is 5.29. The van der Waals surface area contributed by atoms with Gasteiger partial charge in [0.15, 0.2) is 0 Å². The topological polar surface area (TPSA) is 12.0 Å². The number of para-hydroxylation sites is 1. The second kappa shape index (κ2) is 3.51. The monoisotopic (exact) mass is 229 g/mol. The molecule has 2 fully saturated rings. The van der Waals surface area contributed by atoms with Gasteiger partial charge in [-0.05, 0) is 42.2 Å². The van der Waals surface area contributed by atoms with Crippen LogP contribution in [-0.2, 0) is 0 Å². The SMILES string of the molecule is CC1CCC2C(C)(C)C2(Nc2ccccc2)C1. The van der Waals surface area contributed by atoms with Gasteiger partial charge in [-0.15, -0.1) is 0 Å². The first-order valence-electron chi connectivity index (χ1n) is 6.89. The Bertz CT molecular complexity index is 409. The van der Waals surface area contributed by atoms with Crippen molar-refractivity contribution in [3.63, 3.8) is 0 Å². The minimum absolute atomic E-state index is 0.367. The van der Waals surface area contributed by atoms with Crippen molar-refractivity contribution >= 4 is 5.69 Å². The van der Waals surface area contributed by atoms with Crippen LogP contribution in [0.4, 0.5) is 5.69 Å². The number of hydrogen-bond acceptors (Lipinski definition) is 1. The van der Waals surface area contributed by atoms with Crippen LogP contribution >= 0.6 is 0 Å².